The zero-order valence-corrected chi connectivity index (χ0v) is 18.6. The Bertz CT molecular complexity index is 816. The molecule has 0 aromatic heterocycles. The van der Waals surface area contributed by atoms with Gasteiger partial charge in [-0.25, -0.2) is 9.59 Å². The third kappa shape index (κ3) is 5.92. The Morgan fingerprint density at radius 1 is 0.871 bits per heavy atom. The topological polar surface area (TPSA) is 89.5 Å². The lowest BCUT2D eigenvalue weighted by atomic mass is 10.0. The molecule has 1 aromatic rings. The van der Waals surface area contributed by atoms with Gasteiger partial charge >= 0.3 is 11.9 Å². The highest BCUT2D eigenvalue weighted by molar-refractivity contribution is 5.89. The SMILES string of the molecule is C=C(C)C(=O)OC[C@@H]1OC(C)(C)O[C@H]1[C@H]1OC(C)(C)O[C@@H]1COC(=O)c1ccccc1. The Morgan fingerprint density at radius 2 is 1.35 bits per heavy atom. The van der Waals surface area contributed by atoms with Gasteiger partial charge < -0.3 is 28.4 Å². The number of benzene rings is 1. The summed E-state index contributed by atoms with van der Waals surface area (Å²) >= 11 is 0. The van der Waals surface area contributed by atoms with E-state index in [2.05, 4.69) is 6.58 Å². The third-order valence-corrected chi connectivity index (χ3v) is 4.88. The van der Waals surface area contributed by atoms with Crippen LogP contribution in [-0.4, -0.2) is 61.1 Å². The van der Waals surface area contributed by atoms with Crippen molar-refractivity contribution in [3.63, 3.8) is 0 Å². The van der Waals surface area contributed by atoms with E-state index in [-0.39, 0.29) is 13.2 Å². The van der Waals surface area contributed by atoms with Crippen molar-refractivity contribution in [1.82, 2.24) is 0 Å². The van der Waals surface area contributed by atoms with Gasteiger partial charge in [-0.3, -0.25) is 0 Å². The Kier molecular flexibility index (Phi) is 6.85. The first-order valence-electron chi connectivity index (χ1n) is 10.2. The summed E-state index contributed by atoms with van der Waals surface area (Å²) in [7, 11) is 0. The average Bonchev–Trinajstić information content (AvgIpc) is 3.18. The van der Waals surface area contributed by atoms with Gasteiger partial charge in [0.15, 0.2) is 11.6 Å². The highest BCUT2D eigenvalue weighted by Gasteiger charge is 2.54. The van der Waals surface area contributed by atoms with Crippen LogP contribution in [0.5, 0.6) is 0 Å². The van der Waals surface area contributed by atoms with Crippen LogP contribution in [0.2, 0.25) is 0 Å². The van der Waals surface area contributed by atoms with Crippen molar-refractivity contribution in [2.24, 2.45) is 0 Å². The molecule has 0 saturated carbocycles. The van der Waals surface area contributed by atoms with E-state index in [0.717, 1.165) is 0 Å². The zero-order chi connectivity index (χ0) is 22.8. The zero-order valence-electron chi connectivity index (χ0n) is 18.6. The van der Waals surface area contributed by atoms with Gasteiger partial charge in [0, 0.05) is 5.57 Å². The number of ether oxygens (including phenoxy) is 6. The lowest BCUT2D eigenvalue weighted by Crippen LogP contribution is -2.45. The number of carbonyl (C=O) groups excluding carboxylic acids is 2. The molecule has 8 nitrogen and oxygen atoms in total. The number of carbonyl (C=O) groups is 2. The monoisotopic (exact) mass is 434 g/mol. The smallest absolute Gasteiger partial charge is 0.338 e. The van der Waals surface area contributed by atoms with Crippen molar-refractivity contribution in [3.05, 3.63) is 48.0 Å². The maximum absolute atomic E-state index is 12.4. The molecule has 0 bridgehead atoms. The molecule has 2 aliphatic rings. The molecule has 0 amide bonds. The van der Waals surface area contributed by atoms with Crippen LogP contribution in [0.4, 0.5) is 0 Å². The van der Waals surface area contributed by atoms with Gasteiger partial charge in [-0.2, -0.15) is 0 Å². The molecule has 31 heavy (non-hydrogen) atoms. The Labute approximate surface area is 182 Å². The van der Waals surface area contributed by atoms with Gasteiger partial charge in [-0.15, -0.1) is 0 Å². The highest BCUT2D eigenvalue weighted by Crippen LogP contribution is 2.38. The van der Waals surface area contributed by atoms with Crippen LogP contribution in [0.1, 0.15) is 45.0 Å². The minimum Gasteiger partial charge on any atom is -0.459 e. The Morgan fingerprint density at radius 3 is 1.84 bits per heavy atom. The van der Waals surface area contributed by atoms with Crippen LogP contribution in [0.25, 0.3) is 0 Å². The van der Waals surface area contributed by atoms with Gasteiger partial charge in [-0.1, -0.05) is 24.8 Å². The minimum absolute atomic E-state index is 0.0274. The van der Waals surface area contributed by atoms with Crippen molar-refractivity contribution >= 4 is 11.9 Å². The van der Waals surface area contributed by atoms with Crippen LogP contribution in [-0.2, 0) is 33.2 Å². The first kappa shape index (κ1) is 23.4. The summed E-state index contributed by atoms with van der Waals surface area (Å²) in [6, 6.07) is 8.71. The molecule has 0 radical (unpaired) electrons. The standard InChI is InChI=1S/C23H30O8/c1-14(2)20(24)26-12-16-18(30-22(3,4)28-16)19-17(29-23(5,6)31-19)13-27-21(25)15-10-8-7-9-11-15/h7-11,16-19H,1,12-13H2,2-6H3/t16-,17+,18+,19-/m0/s1. The van der Waals surface area contributed by atoms with E-state index < -0.39 is 47.9 Å². The molecule has 8 heteroatoms. The van der Waals surface area contributed by atoms with E-state index in [9.17, 15) is 9.59 Å². The lowest BCUT2D eigenvalue weighted by Gasteiger charge is -2.26. The maximum atomic E-state index is 12.4. The lowest BCUT2D eigenvalue weighted by molar-refractivity contribution is -0.175. The van der Waals surface area contributed by atoms with Crippen molar-refractivity contribution in [2.75, 3.05) is 13.2 Å². The molecule has 2 fully saturated rings. The normalized spacial score (nSPS) is 28.8. The number of rotatable bonds is 7. The van der Waals surface area contributed by atoms with E-state index in [1.807, 2.05) is 6.07 Å². The van der Waals surface area contributed by atoms with Crippen LogP contribution in [0.3, 0.4) is 0 Å². The van der Waals surface area contributed by atoms with Crippen LogP contribution < -0.4 is 0 Å². The van der Waals surface area contributed by atoms with E-state index in [1.54, 1.807) is 58.9 Å². The van der Waals surface area contributed by atoms with E-state index in [0.29, 0.717) is 11.1 Å². The second-order valence-electron chi connectivity index (χ2n) is 8.62. The minimum atomic E-state index is -0.913. The fourth-order valence-corrected chi connectivity index (χ4v) is 3.64. The molecule has 2 aliphatic heterocycles. The fraction of sp³-hybridized carbons (Fsp3) is 0.565. The quantitative estimate of drug-likeness (QED) is 0.478. The van der Waals surface area contributed by atoms with Gasteiger partial charge in [-0.05, 0) is 46.8 Å². The Balaban J connectivity index is 1.71. The second kappa shape index (κ2) is 9.08. The molecule has 0 spiro atoms. The van der Waals surface area contributed by atoms with Crippen molar-refractivity contribution in [2.45, 2.75) is 70.6 Å². The van der Waals surface area contributed by atoms with Crippen molar-refractivity contribution < 1.29 is 38.0 Å². The fourth-order valence-electron chi connectivity index (χ4n) is 3.64. The Hall–Kier alpha value is -2.26. The van der Waals surface area contributed by atoms with Gasteiger partial charge in [0.2, 0.25) is 0 Å². The van der Waals surface area contributed by atoms with E-state index in [1.165, 1.54) is 0 Å². The number of esters is 2. The van der Waals surface area contributed by atoms with Crippen molar-refractivity contribution in [3.8, 4) is 0 Å². The van der Waals surface area contributed by atoms with Gasteiger partial charge in [0.25, 0.3) is 0 Å². The first-order valence-corrected chi connectivity index (χ1v) is 10.2. The predicted octanol–water partition coefficient (Wildman–Crippen LogP) is 3.00. The molecule has 2 heterocycles. The molecule has 0 aliphatic carbocycles. The predicted molar refractivity (Wildman–Crippen MR) is 110 cm³/mol. The molecule has 2 saturated heterocycles. The van der Waals surface area contributed by atoms with E-state index >= 15 is 0 Å². The molecular weight excluding hydrogens is 404 g/mol. The van der Waals surface area contributed by atoms with Gasteiger partial charge in [0.05, 0.1) is 5.56 Å². The molecule has 0 unspecified atom stereocenters. The maximum Gasteiger partial charge on any atom is 0.338 e. The van der Waals surface area contributed by atoms with Gasteiger partial charge in [0.1, 0.15) is 37.6 Å². The highest BCUT2D eigenvalue weighted by atomic mass is 16.8. The molecule has 170 valence electrons. The summed E-state index contributed by atoms with van der Waals surface area (Å²) in [6.07, 6.45) is -2.39. The molecule has 1 aromatic carbocycles. The van der Waals surface area contributed by atoms with Crippen LogP contribution in [0, 0.1) is 0 Å². The number of hydrogen-bond acceptors (Lipinski definition) is 8. The molecule has 4 atom stereocenters. The summed E-state index contributed by atoms with van der Waals surface area (Å²) in [6.45, 7) is 12.2. The van der Waals surface area contributed by atoms with Crippen LogP contribution in [0.15, 0.2) is 42.5 Å². The van der Waals surface area contributed by atoms with Crippen LogP contribution >= 0.6 is 0 Å². The second-order valence-corrected chi connectivity index (χ2v) is 8.62. The average molecular weight is 434 g/mol. The van der Waals surface area contributed by atoms with Crippen molar-refractivity contribution in [1.29, 1.82) is 0 Å². The summed E-state index contributed by atoms with van der Waals surface area (Å²) < 4.78 is 34.8. The summed E-state index contributed by atoms with van der Waals surface area (Å²) in [5.74, 6) is -2.79. The number of hydrogen-bond donors (Lipinski definition) is 0. The third-order valence-electron chi connectivity index (χ3n) is 4.88. The summed E-state index contributed by atoms with van der Waals surface area (Å²) in [5, 5.41) is 0. The molecule has 0 N–H and O–H groups in total. The first-order chi connectivity index (χ1) is 14.5. The summed E-state index contributed by atoms with van der Waals surface area (Å²) in [4.78, 5) is 24.2. The molecule has 3 rings (SSSR count). The summed E-state index contributed by atoms with van der Waals surface area (Å²) in [5.41, 5.74) is 0.741. The van der Waals surface area contributed by atoms with E-state index in [4.69, 9.17) is 28.4 Å². The molecular formula is C23H30O8. The largest absolute Gasteiger partial charge is 0.459 e.